The fourth-order valence-electron chi connectivity index (χ4n) is 6.16. The highest BCUT2D eigenvalue weighted by molar-refractivity contribution is 6.32. The molecule has 11 nitrogen and oxygen atoms in total. The van der Waals surface area contributed by atoms with Gasteiger partial charge in [-0.2, -0.15) is 5.26 Å². The van der Waals surface area contributed by atoms with Crippen LogP contribution in [0.5, 0.6) is 11.5 Å². The first kappa shape index (κ1) is 39.1. The molecule has 4 aromatic rings. The number of benzene rings is 3. The second-order valence-electron chi connectivity index (χ2n) is 13.2. The highest BCUT2D eigenvalue weighted by Gasteiger charge is 2.28. The van der Waals surface area contributed by atoms with Crippen molar-refractivity contribution >= 4 is 11.6 Å². The van der Waals surface area contributed by atoms with Crippen LogP contribution in [0.25, 0.3) is 11.1 Å². The van der Waals surface area contributed by atoms with Gasteiger partial charge in [-0.1, -0.05) is 48.0 Å². The summed E-state index contributed by atoms with van der Waals surface area (Å²) in [5.41, 5.74) is 6.93. The lowest BCUT2D eigenvalue weighted by Gasteiger charge is -2.29. The number of nitriles is 1. The van der Waals surface area contributed by atoms with Crippen molar-refractivity contribution in [1.29, 1.82) is 5.26 Å². The molecule has 1 fully saturated rings. The molecule has 1 aliphatic rings. The predicted octanol–water partition coefficient (Wildman–Crippen LogP) is 4.44. The molecule has 0 bridgehead atoms. The number of hydrogen-bond donors (Lipinski definition) is 5. The van der Waals surface area contributed by atoms with Crippen molar-refractivity contribution in [2.24, 2.45) is 0 Å². The lowest BCUT2D eigenvalue weighted by molar-refractivity contribution is 0.0412. The second-order valence-corrected chi connectivity index (χ2v) is 13.7. The van der Waals surface area contributed by atoms with Crippen molar-refractivity contribution in [2.75, 3.05) is 46.1 Å². The fourth-order valence-corrected chi connectivity index (χ4v) is 6.40. The zero-order chi connectivity index (χ0) is 37.1. The average Bonchev–Trinajstić information content (AvgIpc) is 3.59. The number of nitrogens with one attached hydrogen (secondary N) is 1. The van der Waals surface area contributed by atoms with Crippen LogP contribution in [0.4, 0.5) is 0 Å². The van der Waals surface area contributed by atoms with Gasteiger partial charge in [-0.25, -0.2) is 0 Å². The van der Waals surface area contributed by atoms with E-state index in [9.17, 15) is 25.7 Å². The van der Waals surface area contributed by atoms with Gasteiger partial charge in [-0.3, -0.25) is 9.88 Å². The van der Waals surface area contributed by atoms with E-state index in [0.717, 1.165) is 52.9 Å². The predicted molar refractivity (Wildman–Crippen MR) is 198 cm³/mol. The summed E-state index contributed by atoms with van der Waals surface area (Å²) < 4.78 is 18.5. The van der Waals surface area contributed by atoms with Crippen molar-refractivity contribution in [1.82, 2.24) is 15.2 Å². The molecule has 0 amide bonds. The minimum Gasteiger partial charge on any atom is -0.488 e. The van der Waals surface area contributed by atoms with Crippen molar-refractivity contribution in [2.45, 2.75) is 58.3 Å². The Bertz CT molecular complexity index is 1840. The highest BCUT2D eigenvalue weighted by Crippen LogP contribution is 2.36. The Labute approximate surface area is 310 Å². The Balaban J connectivity index is 1.32. The number of aliphatic hydroxyl groups excluding tert-OH is 4. The third-order valence-corrected chi connectivity index (χ3v) is 9.91. The van der Waals surface area contributed by atoms with Crippen LogP contribution >= 0.6 is 11.6 Å². The number of ether oxygens (including phenoxy) is 3. The minimum atomic E-state index is -1.31. The van der Waals surface area contributed by atoms with E-state index in [1.807, 2.05) is 12.1 Å². The Morgan fingerprint density at radius 1 is 0.904 bits per heavy atom. The lowest BCUT2D eigenvalue weighted by atomic mass is 9.92. The number of likely N-dealkylation sites (tertiary alicyclic amines) is 1. The normalized spacial score (nSPS) is 14.8. The second kappa shape index (κ2) is 18.6. The molecular weight excluding hydrogens is 684 g/mol. The van der Waals surface area contributed by atoms with Crippen molar-refractivity contribution in [3.05, 3.63) is 111 Å². The summed E-state index contributed by atoms with van der Waals surface area (Å²) in [4.78, 5) is 6.34. The molecule has 5 rings (SSSR count). The number of aromatic nitrogens is 1. The topological polar surface area (TPSA) is 161 Å². The third kappa shape index (κ3) is 9.86. The number of hydrogen-bond acceptors (Lipinski definition) is 11. The van der Waals surface area contributed by atoms with Crippen LogP contribution < -0.4 is 14.8 Å². The molecule has 1 saturated heterocycles. The van der Waals surface area contributed by atoms with Crippen molar-refractivity contribution in [3.63, 3.8) is 0 Å². The number of nitrogens with zero attached hydrogens (tertiary/aromatic N) is 3. The molecule has 0 radical (unpaired) electrons. The van der Waals surface area contributed by atoms with E-state index >= 15 is 0 Å². The van der Waals surface area contributed by atoms with E-state index < -0.39 is 25.4 Å². The number of β-amino-alcohol motifs (C(OH)–C–C–N with tert-alkyl or cyclic N) is 1. The smallest absolute Gasteiger partial charge is 0.142 e. The van der Waals surface area contributed by atoms with Gasteiger partial charge in [0.2, 0.25) is 0 Å². The first-order valence-electron chi connectivity index (χ1n) is 17.3. The first-order chi connectivity index (χ1) is 25.2. The molecule has 1 atom stereocenters. The minimum absolute atomic E-state index is 0.106. The maximum Gasteiger partial charge on any atom is 0.142 e. The Morgan fingerprint density at radius 3 is 2.21 bits per heavy atom. The molecule has 3 aromatic carbocycles. The maximum atomic E-state index is 9.82. The van der Waals surface area contributed by atoms with Gasteiger partial charge in [-0.05, 0) is 65.8 Å². The summed E-state index contributed by atoms with van der Waals surface area (Å²) >= 11 is 6.75. The summed E-state index contributed by atoms with van der Waals surface area (Å²) in [5.74, 6) is 0.820. The van der Waals surface area contributed by atoms with Gasteiger partial charge in [0, 0.05) is 55.8 Å². The Morgan fingerprint density at radius 2 is 1.58 bits per heavy atom. The van der Waals surface area contributed by atoms with Gasteiger partial charge in [0.1, 0.15) is 30.8 Å². The van der Waals surface area contributed by atoms with Crippen LogP contribution in [0.2, 0.25) is 5.02 Å². The third-order valence-electron chi connectivity index (χ3n) is 9.62. The van der Waals surface area contributed by atoms with Crippen molar-refractivity contribution < 1.29 is 34.6 Å². The maximum absolute atomic E-state index is 9.82. The van der Waals surface area contributed by atoms with Gasteiger partial charge in [0.15, 0.2) is 0 Å². The number of rotatable bonds is 18. The summed E-state index contributed by atoms with van der Waals surface area (Å²) in [7, 11) is 0. The zero-order valence-corrected chi connectivity index (χ0v) is 30.4. The van der Waals surface area contributed by atoms with E-state index in [1.54, 1.807) is 24.4 Å². The Hall–Kier alpha value is -4.09. The largest absolute Gasteiger partial charge is 0.488 e. The zero-order valence-electron chi connectivity index (χ0n) is 29.6. The van der Waals surface area contributed by atoms with Crippen LogP contribution in [0.15, 0.2) is 67.0 Å². The average molecular weight is 731 g/mol. The molecular formula is C40H47ClN4O7. The van der Waals surface area contributed by atoms with E-state index in [1.165, 1.54) is 6.20 Å². The molecule has 5 N–H and O–H groups in total. The molecule has 0 aliphatic carbocycles. The molecule has 0 spiro atoms. The molecule has 276 valence electrons. The molecule has 0 unspecified atom stereocenters. The van der Waals surface area contributed by atoms with Gasteiger partial charge >= 0.3 is 0 Å². The number of pyridine rings is 1. The van der Waals surface area contributed by atoms with Crippen LogP contribution in [-0.4, -0.2) is 88.0 Å². The van der Waals surface area contributed by atoms with Crippen LogP contribution in [-0.2, 0) is 31.1 Å². The van der Waals surface area contributed by atoms with Gasteiger partial charge in [0.25, 0.3) is 0 Å². The SMILES string of the molecule is Cc1c(COCCN2CC[C@@H](O)C2)cccc1-c1cccc(COc2cc(OCc3cncc(C#N)c3)c(CNC(CO)(CO)CO)cc2Cl)c1C. The van der Waals surface area contributed by atoms with Crippen LogP contribution in [0.1, 0.15) is 45.4 Å². The summed E-state index contributed by atoms with van der Waals surface area (Å²) in [6, 6.07) is 19.5. The quantitative estimate of drug-likeness (QED) is 0.0922. The molecule has 52 heavy (non-hydrogen) atoms. The molecule has 1 aliphatic heterocycles. The number of aliphatic hydroxyl groups is 4. The van der Waals surface area contributed by atoms with Crippen molar-refractivity contribution in [3.8, 4) is 28.7 Å². The van der Waals surface area contributed by atoms with Crippen LogP contribution in [0, 0.1) is 25.2 Å². The Kier molecular flexibility index (Phi) is 14.0. The standard InChI is InChI=1S/C40H47ClN4O7/c1-27-31(22-50-12-11-45-10-9-34(49)20-45)5-3-7-35(27)36-8-4-6-32(28(36)2)23-52-39-15-38(51-21-30-13-29(16-42)17-43-18-30)33(14-37(39)41)19-44-40(24-46,25-47)26-48/h3-8,13-15,17-18,34,44,46-49H,9-12,19-26H2,1-2H3/t34-/m1/s1. The highest BCUT2D eigenvalue weighted by atomic mass is 35.5. The number of halogens is 1. The van der Waals surface area contributed by atoms with E-state index in [4.69, 9.17) is 25.8 Å². The lowest BCUT2D eigenvalue weighted by Crippen LogP contribution is -2.54. The van der Waals surface area contributed by atoms with Gasteiger partial charge in [0.05, 0.1) is 55.3 Å². The van der Waals surface area contributed by atoms with E-state index in [0.29, 0.717) is 53.0 Å². The summed E-state index contributed by atoms with van der Waals surface area (Å²) in [6.07, 6.45) is 3.67. The molecule has 12 heteroatoms. The summed E-state index contributed by atoms with van der Waals surface area (Å²) in [6.45, 7) is 6.72. The monoisotopic (exact) mass is 730 g/mol. The first-order valence-corrected chi connectivity index (χ1v) is 17.7. The molecule has 0 saturated carbocycles. The molecule has 1 aromatic heterocycles. The van der Waals surface area contributed by atoms with E-state index in [2.05, 4.69) is 59.4 Å². The fraction of sp³-hybridized carbons (Fsp3) is 0.400. The van der Waals surface area contributed by atoms with Crippen LogP contribution in [0.3, 0.4) is 0 Å². The van der Waals surface area contributed by atoms with E-state index in [-0.39, 0.29) is 25.9 Å². The molecule has 2 heterocycles. The van der Waals surface area contributed by atoms with Gasteiger partial charge < -0.3 is 40.0 Å². The van der Waals surface area contributed by atoms with Gasteiger partial charge in [-0.15, -0.1) is 0 Å². The summed E-state index contributed by atoms with van der Waals surface area (Å²) in [5, 5.41) is 51.9.